The molecule has 28 heavy (non-hydrogen) atoms. The third-order valence-electron chi connectivity index (χ3n) is 4.61. The van der Waals surface area contributed by atoms with Crippen LogP contribution < -0.4 is 11.1 Å². The molecule has 0 bridgehead atoms. The molecule has 0 spiro atoms. The molecule has 6 nitrogen and oxygen atoms in total. The zero-order chi connectivity index (χ0) is 20.3. The van der Waals surface area contributed by atoms with Crippen molar-refractivity contribution in [3.05, 3.63) is 65.9 Å². The Bertz CT molecular complexity index is 1060. The molecule has 0 radical (unpaired) electrons. The van der Waals surface area contributed by atoms with Crippen LogP contribution >= 0.6 is 0 Å². The summed E-state index contributed by atoms with van der Waals surface area (Å²) in [5, 5.41) is 3.85. The van der Waals surface area contributed by atoms with Gasteiger partial charge in [-0.3, -0.25) is 9.59 Å². The average molecular weight is 376 g/mol. The molecule has 2 amide bonds. The Morgan fingerprint density at radius 2 is 1.93 bits per heavy atom. The number of nitrogens with zero attached hydrogens (tertiary/aromatic N) is 1. The summed E-state index contributed by atoms with van der Waals surface area (Å²) in [6, 6.07) is 11.3. The van der Waals surface area contributed by atoms with Gasteiger partial charge in [0, 0.05) is 29.9 Å². The van der Waals surface area contributed by atoms with Crippen molar-refractivity contribution in [2.24, 2.45) is 5.73 Å². The number of likely N-dealkylation sites (N-methyl/N-ethyl adjacent to an activating group) is 1. The number of primary amides is 1. The minimum Gasteiger partial charge on any atom is -0.366 e. The van der Waals surface area contributed by atoms with Gasteiger partial charge < -0.3 is 20.9 Å². The number of nitrogens with two attached hydrogens (primary N) is 1. The van der Waals surface area contributed by atoms with Crippen molar-refractivity contribution in [3.63, 3.8) is 0 Å². The molecule has 0 fully saturated rings. The van der Waals surface area contributed by atoms with Crippen LogP contribution in [0.15, 0.2) is 54.7 Å². The molecule has 1 heterocycles. The summed E-state index contributed by atoms with van der Waals surface area (Å²) >= 11 is 0. The maximum Gasteiger partial charge on any atom is 0.250 e. The predicted octanol–water partition coefficient (Wildman–Crippen LogP) is 3.30. The Morgan fingerprint density at radius 1 is 1.14 bits per heavy atom. The molecule has 6 heteroatoms. The zero-order valence-corrected chi connectivity index (χ0v) is 16.2. The van der Waals surface area contributed by atoms with Gasteiger partial charge in [0.2, 0.25) is 5.91 Å². The van der Waals surface area contributed by atoms with Gasteiger partial charge in [0.15, 0.2) is 0 Å². The lowest BCUT2D eigenvalue weighted by molar-refractivity contribution is -0.111. The van der Waals surface area contributed by atoms with E-state index in [1.54, 1.807) is 12.3 Å². The highest BCUT2D eigenvalue weighted by atomic mass is 16.1. The first-order chi connectivity index (χ1) is 13.4. The monoisotopic (exact) mass is 376 g/mol. The fraction of sp³-hybridized carbons (Fsp3) is 0.182. The second kappa shape index (κ2) is 8.10. The number of nitrogens with one attached hydrogen (secondary N) is 2. The number of aromatic nitrogens is 1. The van der Waals surface area contributed by atoms with Crippen LogP contribution in [0.4, 0.5) is 5.69 Å². The van der Waals surface area contributed by atoms with E-state index in [1.807, 2.05) is 62.3 Å². The highest BCUT2D eigenvalue weighted by molar-refractivity contribution is 6.09. The van der Waals surface area contributed by atoms with Crippen LogP contribution in [0.25, 0.3) is 22.0 Å². The van der Waals surface area contributed by atoms with E-state index in [4.69, 9.17) is 5.73 Å². The Labute approximate surface area is 164 Å². The third kappa shape index (κ3) is 3.97. The first kappa shape index (κ1) is 19.4. The Balaban J connectivity index is 1.96. The average Bonchev–Trinajstić information content (AvgIpc) is 3.12. The summed E-state index contributed by atoms with van der Waals surface area (Å²) in [5.41, 5.74) is 10.3. The van der Waals surface area contributed by atoms with Crippen LogP contribution in [-0.4, -0.2) is 42.3 Å². The van der Waals surface area contributed by atoms with Crippen molar-refractivity contribution in [3.8, 4) is 11.1 Å². The van der Waals surface area contributed by atoms with Gasteiger partial charge in [-0.15, -0.1) is 0 Å². The standard InChI is InChI=1S/C22H24N4O2/c1-14-15(6-4-7-19(14)25-20(27)8-5-13-26(2)3)16-9-10-18(22(23)28)21-17(16)11-12-24-21/h4-12,24H,13H2,1-3H3,(H2,23,28)(H,25,27). The van der Waals surface area contributed by atoms with E-state index in [1.165, 1.54) is 6.08 Å². The second-order valence-electron chi connectivity index (χ2n) is 6.92. The lowest BCUT2D eigenvalue weighted by atomic mass is 9.94. The topological polar surface area (TPSA) is 91.2 Å². The van der Waals surface area contributed by atoms with E-state index in [-0.39, 0.29) is 5.91 Å². The van der Waals surface area contributed by atoms with Crippen LogP contribution in [-0.2, 0) is 4.79 Å². The molecule has 0 saturated heterocycles. The fourth-order valence-corrected chi connectivity index (χ4v) is 3.20. The van der Waals surface area contributed by atoms with Crippen molar-refractivity contribution in [2.45, 2.75) is 6.92 Å². The normalized spacial score (nSPS) is 11.4. The smallest absolute Gasteiger partial charge is 0.250 e. The highest BCUT2D eigenvalue weighted by Crippen LogP contribution is 2.34. The van der Waals surface area contributed by atoms with Crippen molar-refractivity contribution < 1.29 is 9.59 Å². The molecule has 0 aliphatic rings. The lowest BCUT2D eigenvalue weighted by Crippen LogP contribution is -2.13. The first-order valence-corrected chi connectivity index (χ1v) is 9.00. The summed E-state index contributed by atoms with van der Waals surface area (Å²) in [7, 11) is 3.89. The van der Waals surface area contributed by atoms with E-state index in [2.05, 4.69) is 10.3 Å². The lowest BCUT2D eigenvalue weighted by Gasteiger charge is -2.14. The minimum atomic E-state index is -0.471. The minimum absolute atomic E-state index is 0.169. The van der Waals surface area contributed by atoms with E-state index in [0.29, 0.717) is 17.6 Å². The summed E-state index contributed by atoms with van der Waals surface area (Å²) in [5.74, 6) is -0.640. The highest BCUT2D eigenvalue weighted by Gasteiger charge is 2.15. The number of hydrogen-bond acceptors (Lipinski definition) is 3. The molecule has 0 unspecified atom stereocenters. The molecule has 4 N–H and O–H groups in total. The number of aromatic amines is 1. The molecule has 144 valence electrons. The van der Waals surface area contributed by atoms with E-state index >= 15 is 0 Å². The molecule has 0 aliphatic heterocycles. The number of amides is 2. The number of carbonyl (C=O) groups is 2. The Kier molecular flexibility index (Phi) is 5.61. The van der Waals surface area contributed by atoms with Gasteiger partial charge in [0.25, 0.3) is 5.91 Å². The molecular weight excluding hydrogens is 352 g/mol. The van der Waals surface area contributed by atoms with Gasteiger partial charge in [-0.25, -0.2) is 0 Å². The number of rotatable bonds is 6. The number of H-pyrrole nitrogens is 1. The summed E-state index contributed by atoms with van der Waals surface area (Å²) in [6.07, 6.45) is 5.15. The van der Waals surface area contributed by atoms with Crippen LogP contribution in [0.1, 0.15) is 15.9 Å². The van der Waals surface area contributed by atoms with Crippen molar-refractivity contribution in [1.29, 1.82) is 0 Å². The van der Waals surface area contributed by atoms with Gasteiger partial charge in [-0.2, -0.15) is 0 Å². The van der Waals surface area contributed by atoms with Crippen molar-refractivity contribution >= 4 is 28.4 Å². The van der Waals surface area contributed by atoms with Crippen LogP contribution in [0.5, 0.6) is 0 Å². The quantitative estimate of drug-likeness (QED) is 0.577. The van der Waals surface area contributed by atoms with Gasteiger partial charge in [-0.05, 0) is 55.9 Å². The number of benzene rings is 2. The SMILES string of the molecule is Cc1c(NC(=O)C=CCN(C)C)cccc1-c1ccc(C(N)=O)c2[nH]ccc12. The molecule has 0 saturated carbocycles. The number of fused-ring (bicyclic) bond motifs is 1. The molecule has 3 rings (SSSR count). The van der Waals surface area contributed by atoms with Crippen molar-refractivity contribution in [1.82, 2.24) is 9.88 Å². The molecule has 2 aromatic carbocycles. The maximum absolute atomic E-state index is 12.2. The van der Waals surface area contributed by atoms with Crippen LogP contribution in [0.2, 0.25) is 0 Å². The Hall–Kier alpha value is -3.38. The third-order valence-corrected chi connectivity index (χ3v) is 4.61. The summed E-state index contributed by atoms with van der Waals surface area (Å²) in [4.78, 5) is 29.0. The number of anilines is 1. The molecule has 1 aromatic heterocycles. The van der Waals surface area contributed by atoms with Crippen LogP contribution in [0, 0.1) is 6.92 Å². The maximum atomic E-state index is 12.2. The zero-order valence-electron chi connectivity index (χ0n) is 16.2. The first-order valence-electron chi connectivity index (χ1n) is 9.00. The summed E-state index contributed by atoms with van der Waals surface area (Å²) in [6.45, 7) is 2.67. The molecular formula is C22H24N4O2. The van der Waals surface area contributed by atoms with E-state index in [0.717, 1.165) is 27.8 Å². The Morgan fingerprint density at radius 3 is 2.64 bits per heavy atom. The van der Waals surface area contributed by atoms with E-state index in [9.17, 15) is 9.59 Å². The number of hydrogen-bond donors (Lipinski definition) is 3. The number of carbonyl (C=O) groups excluding carboxylic acids is 2. The fourth-order valence-electron chi connectivity index (χ4n) is 3.20. The molecule has 0 aliphatic carbocycles. The van der Waals surface area contributed by atoms with Gasteiger partial charge >= 0.3 is 0 Å². The predicted molar refractivity (Wildman–Crippen MR) is 113 cm³/mol. The van der Waals surface area contributed by atoms with Gasteiger partial charge in [0.05, 0.1) is 11.1 Å². The van der Waals surface area contributed by atoms with E-state index < -0.39 is 5.91 Å². The van der Waals surface area contributed by atoms with Gasteiger partial charge in [0.1, 0.15) is 0 Å². The molecule has 0 atom stereocenters. The van der Waals surface area contributed by atoms with Crippen LogP contribution in [0.3, 0.4) is 0 Å². The van der Waals surface area contributed by atoms with Gasteiger partial charge in [-0.1, -0.05) is 24.3 Å². The summed E-state index contributed by atoms with van der Waals surface area (Å²) < 4.78 is 0. The molecule has 3 aromatic rings. The second-order valence-corrected chi connectivity index (χ2v) is 6.92. The van der Waals surface area contributed by atoms with Crippen molar-refractivity contribution in [2.75, 3.05) is 26.0 Å². The largest absolute Gasteiger partial charge is 0.366 e.